The van der Waals surface area contributed by atoms with E-state index >= 15 is 0 Å². The number of rotatable bonds is 8. The van der Waals surface area contributed by atoms with Crippen molar-refractivity contribution in [3.63, 3.8) is 0 Å². The molecule has 0 aromatic heterocycles. The molecule has 1 N–H and O–H groups in total. The maximum atomic E-state index is 6.24. The highest BCUT2D eigenvalue weighted by Crippen LogP contribution is 2.32. The van der Waals surface area contributed by atoms with Crippen LogP contribution in [0, 0.1) is 0 Å². The highest BCUT2D eigenvalue weighted by Gasteiger charge is 2.16. The fourth-order valence-electron chi connectivity index (χ4n) is 2.99. The molecule has 1 heterocycles. The van der Waals surface area contributed by atoms with E-state index in [2.05, 4.69) is 5.32 Å². The van der Waals surface area contributed by atoms with Gasteiger partial charge in [-0.2, -0.15) is 0 Å². The van der Waals surface area contributed by atoms with Gasteiger partial charge in [0, 0.05) is 40.9 Å². The van der Waals surface area contributed by atoms with E-state index in [9.17, 15) is 0 Å². The number of nitrogens with one attached hydrogen (secondary N) is 1. The van der Waals surface area contributed by atoms with Crippen LogP contribution in [-0.2, 0) is 17.9 Å². The largest absolute Gasteiger partial charge is 0.493 e. The molecule has 6 heteroatoms. The molecule has 140 valence electrons. The third-order valence-corrected chi connectivity index (χ3v) is 4.97. The third kappa shape index (κ3) is 5.04. The molecule has 1 atom stereocenters. The molecule has 1 saturated heterocycles. The minimum absolute atomic E-state index is 0.304. The molecule has 0 amide bonds. The number of hydrogen-bond acceptors (Lipinski definition) is 4. The first-order valence-electron chi connectivity index (χ1n) is 8.72. The van der Waals surface area contributed by atoms with Gasteiger partial charge in [-0.25, -0.2) is 0 Å². The second-order valence-corrected chi connectivity index (χ2v) is 7.08. The van der Waals surface area contributed by atoms with Gasteiger partial charge in [-0.05, 0) is 31.0 Å². The first kappa shape index (κ1) is 19.3. The molecule has 1 fully saturated rings. The molecule has 4 nitrogen and oxygen atoms in total. The van der Waals surface area contributed by atoms with Crippen molar-refractivity contribution < 1.29 is 14.2 Å². The van der Waals surface area contributed by atoms with Crippen LogP contribution in [0.15, 0.2) is 36.4 Å². The summed E-state index contributed by atoms with van der Waals surface area (Å²) >= 11 is 12.2. The van der Waals surface area contributed by atoms with Crippen LogP contribution in [0.5, 0.6) is 11.5 Å². The molecule has 0 unspecified atom stereocenters. The fraction of sp³-hybridized carbons (Fsp3) is 0.400. The van der Waals surface area contributed by atoms with E-state index in [0.29, 0.717) is 35.1 Å². The van der Waals surface area contributed by atoms with Crippen LogP contribution >= 0.6 is 23.2 Å². The molecule has 1 aliphatic rings. The standard InChI is InChI=1S/C20H23Cl2NO3/c1-24-19-6-2-4-14(11-23-12-17-5-3-9-25-17)20(19)26-13-15-7-8-16(21)10-18(15)22/h2,4,6-8,10,17,23H,3,5,9,11-13H2,1H3/t17-/m1/s1. The Hall–Kier alpha value is -1.46. The molecule has 0 spiro atoms. The Labute approximate surface area is 164 Å². The molecule has 2 aromatic carbocycles. The van der Waals surface area contributed by atoms with E-state index in [4.69, 9.17) is 37.4 Å². The Kier molecular flexibility index (Phi) is 7.03. The number of benzene rings is 2. The Balaban J connectivity index is 1.67. The van der Waals surface area contributed by atoms with Crippen LogP contribution in [0.3, 0.4) is 0 Å². The predicted molar refractivity (Wildman–Crippen MR) is 104 cm³/mol. The van der Waals surface area contributed by atoms with Crippen molar-refractivity contribution in [2.75, 3.05) is 20.3 Å². The lowest BCUT2D eigenvalue weighted by atomic mass is 10.1. The van der Waals surface area contributed by atoms with Crippen LogP contribution in [0.25, 0.3) is 0 Å². The second-order valence-electron chi connectivity index (χ2n) is 6.24. The second kappa shape index (κ2) is 9.47. The van der Waals surface area contributed by atoms with Crippen LogP contribution < -0.4 is 14.8 Å². The van der Waals surface area contributed by atoms with Gasteiger partial charge in [0.15, 0.2) is 11.5 Å². The summed E-state index contributed by atoms with van der Waals surface area (Å²) in [5.74, 6) is 1.42. The summed E-state index contributed by atoms with van der Waals surface area (Å²) in [5.41, 5.74) is 1.91. The quantitative estimate of drug-likeness (QED) is 0.693. The molecule has 26 heavy (non-hydrogen) atoms. The van der Waals surface area contributed by atoms with E-state index in [1.54, 1.807) is 19.2 Å². The highest BCUT2D eigenvalue weighted by molar-refractivity contribution is 6.35. The van der Waals surface area contributed by atoms with Gasteiger partial charge in [0.25, 0.3) is 0 Å². The first-order valence-corrected chi connectivity index (χ1v) is 9.48. The highest BCUT2D eigenvalue weighted by atomic mass is 35.5. The lowest BCUT2D eigenvalue weighted by Gasteiger charge is -2.17. The third-order valence-electron chi connectivity index (χ3n) is 4.38. The smallest absolute Gasteiger partial charge is 0.166 e. The molecular weight excluding hydrogens is 373 g/mol. The summed E-state index contributed by atoms with van der Waals surface area (Å²) in [6, 6.07) is 11.3. The van der Waals surface area contributed by atoms with Crippen LogP contribution in [0.1, 0.15) is 24.0 Å². The first-order chi connectivity index (χ1) is 12.7. The molecule has 0 radical (unpaired) electrons. The van der Waals surface area contributed by atoms with Crippen molar-refractivity contribution in [2.45, 2.75) is 32.1 Å². The molecule has 3 rings (SSSR count). The summed E-state index contributed by atoms with van der Waals surface area (Å²) in [7, 11) is 1.64. The van der Waals surface area contributed by atoms with E-state index in [0.717, 1.165) is 42.9 Å². The average Bonchev–Trinajstić information content (AvgIpc) is 3.15. The molecule has 1 aliphatic heterocycles. The number of methoxy groups -OCH3 is 1. The molecule has 0 bridgehead atoms. The Morgan fingerprint density at radius 3 is 2.81 bits per heavy atom. The number of para-hydroxylation sites is 1. The SMILES string of the molecule is COc1cccc(CNC[C@H]2CCCO2)c1OCc1ccc(Cl)cc1Cl. The molecular formula is C20H23Cl2NO3. The van der Waals surface area contributed by atoms with Gasteiger partial charge in [0.05, 0.1) is 13.2 Å². The van der Waals surface area contributed by atoms with Gasteiger partial charge in [0.1, 0.15) is 6.61 Å². The van der Waals surface area contributed by atoms with Gasteiger partial charge < -0.3 is 19.5 Å². The van der Waals surface area contributed by atoms with Crippen LogP contribution in [0.4, 0.5) is 0 Å². The van der Waals surface area contributed by atoms with Crippen molar-refractivity contribution in [3.8, 4) is 11.5 Å². The van der Waals surface area contributed by atoms with Crippen molar-refractivity contribution >= 4 is 23.2 Å². The van der Waals surface area contributed by atoms with Crippen molar-refractivity contribution in [1.82, 2.24) is 5.32 Å². The summed E-state index contributed by atoms with van der Waals surface area (Å²) < 4.78 is 17.2. The Morgan fingerprint density at radius 2 is 2.08 bits per heavy atom. The maximum absolute atomic E-state index is 6.24. The molecule has 2 aromatic rings. The lowest BCUT2D eigenvalue weighted by Crippen LogP contribution is -2.26. The van der Waals surface area contributed by atoms with Gasteiger partial charge in [-0.15, -0.1) is 0 Å². The van der Waals surface area contributed by atoms with Gasteiger partial charge in [-0.3, -0.25) is 0 Å². The lowest BCUT2D eigenvalue weighted by molar-refractivity contribution is 0.110. The van der Waals surface area contributed by atoms with Gasteiger partial charge >= 0.3 is 0 Å². The zero-order chi connectivity index (χ0) is 18.4. The Morgan fingerprint density at radius 1 is 1.19 bits per heavy atom. The minimum atomic E-state index is 0.304. The fourth-order valence-corrected chi connectivity index (χ4v) is 3.45. The van der Waals surface area contributed by atoms with Gasteiger partial charge in [-0.1, -0.05) is 41.4 Å². The van der Waals surface area contributed by atoms with E-state index < -0.39 is 0 Å². The zero-order valence-corrected chi connectivity index (χ0v) is 16.3. The topological polar surface area (TPSA) is 39.7 Å². The normalized spacial score (nSPS) is 16.7. The minimum Gasteiger partial charge on any atom is -0.493 e. The van der Waals surface area contributed by atoms with Crippen LogP contribution in [-0.4, -0.2) is 26.4 Å². The molecule has 0 saturated carbocycles. The van der Waals surface area contributed by atoms with Gasteiger partial charge in [0.2, 0.25) is 0 Å². The average molecular weight is 396 g/mol. The zero-order valence-electron chi connectivity index (χ0n) is 14.8. The maximum Gasteiger partial charge on any atom is 0.166 e. The van der Waals surface area contributed by atoms with Crippen molar-refractivity contribution in [3.05, 3.63) is 57.6 Å². The summed E-state index contributed by atoms with van der Waals surface area (Å²) in [6.07, 6.45) is 2.56. The number of hydrogen-bond donors (Lipinski definition) is 1. The van der Waals surface area contributed by atoms with Crippen LogP contribution in [0.2, 0.25) is 10.0 Å². The summed E-state index contributed by atoms with van der Waals surface area (Å²) in [4.78, 5) is 0. The number of ether oxygens (including phenoxy) is 3. The molecule has 0 aliphatic carbocycles. The monoisotopic (exact) mass is 395 g/mol. The van der Waals surface area contributed by atoms with Crippen molar-refractivity contribution in [2.24, 2.45) is 0 Å². The van der Waals surface area contributed by atoms with E-state index in [1.807, 2.05) is 24.3 Å². The number of halogens is 2. The summed E-state index contributed by atoms with van der Waals surface area (Å²) in [5, 5.41) is 4.64. The Bertz CT molecular complexity index is 733. The van der Waals surface area contributed by atoms with Crippen molar-refractivity contribution in [1.29, 1.82) is 0 Å². The predicted octanol–water partition coefficient (Wildman–Crippen LogP) is 4.85. The van der Waals surface area contributed by atoms with E-state index in [-0.39, 0.29) is 0 Å². The van der Waals surface area contributed by atoms with E-state index in [1.165, 1.54) is 0 Å². The summed E-state index contributed by atoms with van der Waals surface area (Å²) in [6.45, 7) is 2.72.